The Balaban J connectivity index is 1.56. The number of hydrogen-bond acceptors (Lipinski definition) is 1. The average molecular weight is 427 g/mol. The molecule has 0 N–H and O–H groups in total. The van der Waals surface area contributed by atoms with Gasteiger partial charge in [-0.05, 0) is 85.6 Å². The fraction of sp³-hybridized carbons (Fsp3) is 0.500. The minimum atomic E-state index is -0.871. The van der Waals surface area contributed by atoms with E-state index in [1.54, 1.807) is 12.1 Å². The summed E-state index contributed by atoms with van der Waals surface area (Å²) in [6.45, 7) is 4.35. The quantitative estimate of drug-likeness (QED) is 0.272. The van der Waals surface area contributed by atoms with Crippen LogP contribution in [-0.4, -0.2) is 0 Å². The molecule has 0 heterocycles. The smallest absolute Gasteiger partial charge is 0.201 e. The van der Waals surface area contributed by atoms with E-state index in [0.717, 1.165) is 64.2 Å². The summed E-state index contributed by atoms with van der Waals surface area (Å²) in [6.07, 6.45) is 13.7. The minimum Gasteiger partial charge on any atom is -0.462 e. The standard InChI is InChI=1S/C28H36F2O/c1-3-5-6-7-8-20-31-26-19-18-25(27(29)28(26)30)24-16-14-23(15-17-24)22-12-10-21(9-4-2)11-13-22/h8,10-13,18-20,23-24H,3-7,9,14-17H2,1-2H3/b20-8+. The maximum absolute atomic E-state index is 14.8. The highest BCUT2D eigenvalue weighted by Crippen LogP contribution is 2.42. The Kier molecular flexibility index (Phi) is 9.12. The van der Waals surface area contributed by atoms with E-state index in [9.17, 15) is 8.78 Å². The monoisotopic (exact) mass is 426 g/mol. The molecule has 2 aromatic rings. The molecule has 0 aliphatic heterocycles. The summed E-state index contributed by atoms with van der Waals surface area (Å²) < 4.78 is 34.7. The molecular formula is C28H36F2O. The van der Waals surface area contributed by atoms with Gasteiger partial charge in [0.05, 0.1) is 6.26 Å². The van der Waals surface area contributed by atoms with Crippen LogP contribution in [0.25, 0.3) is 0 Å². The molecule has 1 aliphatic rings. The molecule has 0 amide bonds. The predicted octanol–water partition coefficient (Wildman–Crippen LogP) is 8.83. The third-order valence-electron chi connectivity index (χ3n) is 6.50. The van der Waals surface area contributed by atoms with E-state index < -0.39 is 11.6 Å². The van der Waals surface area contributed by atoms with Crippen molar-refractivity contribution in [2.75, 3.05) is 0 Å². The van der Waals surface area contributed by atoms with E-state index in [0.29, 0.717) is 11.5 Å². The summed E-state index contributed by atoms with van der Waals surface area (Å²) in [7, 11) is 0. The van der Waals surface area contributed by atoms with E-state index in [4.69, 9.17) is 4.74 Å². The molecule has 0 radical (unpaired) electrons. The van der Waals surface area contributed by atoms with Crippen molar-refractivity contribution < 1.29 is 13.5 Å². The number of allylic oxidation sites excluding steroid dienone is 1. The molecule has 1 saturated carbocycles. The maximum Gasteiger partial charge on any atom is 0.201 e. The number of ether oxygens (including phenoxy) is 1. The van der Waals surface area contributed by atoms with Crippen LogP contribution in [0.15, 0.2) is 48.7 Å². The molecule has 168 valence electrons. The van der Waals surface area contributed by atoms with E-state index in [1.807, 2.05) is 6.08 Å². The zero-order chi connectivity index (χ0) is 22.1. The lowest BCUT2D eigenvalue weighted by atomic mass is 9.76. The van der Waals surface area contributed by atoms with Gasteiger partial charge in [-0.25, -0.2) is 4.39 Å². The Hall–Kier alpha value is -2.16. The first-order valence-corrected chi connectivity index (χ1v) is 12.0. The van der Waals surface area contributed by atoms with Gasteiger partial charge in [0.1, 0.15) is 0 Å². The molecule has 3 heteroatoms. The first-order valence-electron chi connectivity index (χ1n) is 12.0. The normalized spacial score (nSPS) is 19.1. The number of hydrogen-bond donors (Lipinski definition) is 0. The second-order valence-electron chi connectivity index (χ2n) is 8.81. The van der Waals surface area contributed by atoms with Gasteiger partial charge in [0, 0.05) is 0 Å². The largest absolute Gasteiger partial charge is 0.462 e. The van der Waals surface area contributed by atoms with Crippen LogP contribution in [0.4, 0.5) is 8.78 Å². The molecule has 0 atom stereocenters. The van der Waals surface area contributed by atoms with E-state index in [1.165, 1.54) is 17.4 Å². The zero-order valence-electron chi connectivity index (χ0n) is 19.0. The molecule has 0 spiro atoms. The summed E-state index contributed by atoms with van der Waals surface area (Å²) in [5, 5.41) is 0. The molecule has 0 saturated heterocycles. The van der Waals surface area contributed by atoms with Gasteiger partial charge in [-0.15, -0.1) is 0 Å². The minimum absolute atomic E-state index is 0.0335. The van der Waals surface area contributed by atoms with Gasteiger partial charge in [-0.3, -0.25) is 0 Å². The van der Waals surface area contributed by atoms with Gasteiger partial charge in [0.25, 0.3) is 0 Å². The van der Waals surface area contributed by atoms with Crippen molar-refractivity contribution >= 4 is 0 Å². The predicted molar refractivity (Wildman–Crippen MR) is 125 cm³/mol. The molecule has 0 unspecified atom stereocenters. The van der Waals surface area contributed by atoms with Gasteiger partial charge in [-0.1, -0.05) is 63.4 Å². The van der Waals surface area contributed by atoms with Crippen LogP contribution in [0, 0.1) is 11.6 Å². The topological polar surface area (TPSA) is 9.23 Å². The highest BCUT2D eigenvalue weighted by Gasteiger charge is 2.27. The van der Waals surface area contributed by atoms with Gasteiger partial charge in [-0.2, -0.15) is 4.39 Å². The fourth-order valence-electron chi connectivity index (χ4n) is 4.64. The Morgan fingerprint density at radius 2 is 1.55 bits per heavy atom. The summed E-state index contributed by atoms with van der Waals surface area (Å²) >= 11 is 0. The van der Waals surface area contributed by atoms with Crippen LogP contribution in [0.1, 0.15) is 100 Å². The highest BCUT2D eigenvalue weighted by molar-refractivity contribution is 5.34. The summed E-state index contributed by atoms with van der Waals surface area (Å²) in [5.74, 6) is -1.06. The second kappa shape index (κ2) is 12.0. The number of aryl methyl sites for hydroxylation is 1. The van der Waals surface area contributed by atoms with Gasteiger partial charge in [0.2, 0.25) is 5.82 Å². The Bertz CT molecular complexity index is 833. The molecule has 2 aromatic carbocycles. The summed E-state index contributed by atoms with van der Waals surface area (Å²) in [5.41, 5.74) is 3.25. The van der Waals surface area contributed by atoms with E-state index >= 15 is 0 Å². The van der Waals surface area contributed by atoms with Crippen LogP contribution in [0.3, 0.4) is 0 Å². The van der Waals surface area contributed by atoms with Crippen LogP contribution in [0.5, 0.6) is 5.75 Å². The molecule has 0 aromatic heterocycles. The van der Waals surface area contributed by atoms with Gasteiger partial charge < -0.3 is 4.74 Å². The lowest BCUT2D eigenvalue weighted by Crippen LogP contribution is -2.14. The second-order valence-corrected chi connectivity index (χ2v) is 8.81. The number of halogens is 2. The van der Waals surface area contributed by atoms with Crippen molar-refractivity contribution in [1.29, 1.82) is 0 Å². The Morgan fingerprint density at radius 1 is 0.839 bits per heavy atom. The first kappa shape index (κ1) is 23.5. The lowest BCUT2D eigenvalue weighted by Gasteiger charge is -2.29. The maximum atomic E-state index is 14.8. The molecule has 3 rings (SSSR count). The molecule has 1 nitrogen and oxygen atoms in total. The van der Waals surface area contributed by atoms with Crippen molar-refractivity contribution in [1.82, 2.24) is 0 Å². The summed E-state index contributed by atoms with van der Waals surface area (Å²) in [4.78, 5) is 0. The van der Waals surface area contributed by atoms with Crippen LogP contribution < -0.4 is 4.74 Å². The van der Waals surface area contributed by atoms with Crippen molar-refractivity contribution in [3.05, 3.63) is 77.1 Å². The fourth-order valence-corrected chi connectivity index (χ4v) is 4.64. The summed E-state index contributed by atoms with van der Waals surface area (Å²) in [6, 6.07) is 12.2. The van der Waals surface area contributed by atoms with Crippen molar-refractivity contribution in [2.45, 2.75) is 89.9 Å². The van der Waals surface area contributed by atoms with E-state index in [2.05, 4.69) is 38.1 Å². The van der Waals surface area contributed by atoms with Crippen molar-refractivity contribution in [3.8, 4) is 5.75 Å². The third kappa shape index (κ3) is 6.41. The molecule has 31 heavy (non-hydrogen) atoms. The molecule has 1 fully saturated rings. The van der Waals surface area contributed by atoms with E-state index in [-0.39, 0.29) is 11.7 Å². The zero-order valence-corrected chi connectivity index (χ0v) is 19.0. The lowest BCUT2D eigenvalue weighted by molar-refractivity contribution is 0.372. The molecule has 1 aliphatic carbocycles. The van der Waals surface area contributed by atoms with Crippen molar-refractivity contribution in [3.63, 3.8) is 0 Å². The average Bonchev–Trinajstić information content (AvgIpc) is 2.80. The van der Waals surface area contributed by atoms with Crippen molar-refractivity contribution in [2.24, 2.45) is 0 Å². The number of unbranched alkanes of at least 4 members (excludes halogenated alkanes) is 3. The SMILES string of the molecule is CCCCC/C=C/Oc1ccc(C2CCC(c3ccc(CCC)cc3)CC2)c(F)c1F. The van der Waals surface area contributed by atoms with Crippen LogP contribution in [0.2, 0.25) is 0 Å². The third-order valence-corrected chi connectivity index (χ3v) is 6.50. The first-order chi connectivity index (χ1) is 15.1. The highest BCUT2D eigenvalue weighted by atomic mass is 19.2. The Labute approximate surface area is 186 Å². The van der Waals surface area contributed by atoms with Gasteiger partial charge >= 0.3 is 0 Å². The number of rotatable bonds is 10. The Morgan fingerprint density at radius 3 is 2.23 bits per heavy atom. The van der Waals surface area contributed by atoms with Crippen LogP contribution in [-0.2, 0) is 6.42 Å². The number of benzene rings is 2. The molecular weight excluding hydrogens is 390 g/mol. The molecule has 0 bridgehead atoms. The van der Waals surface area contributed by atoms with Gasteiger partial charge in [0.15, 0.2) is 11.6 Å². The van der Waals surface area contributed by atoms with Crippen LogP contribution >= 0.6 is 0 Å².